The number of hydrogen-bond donors (Lipinski definition) is 2. The van der Waals surface area contributed by atoms with E-state index in [0.717, 1.165) is 0 Å². The summed E-state index contributed by atoms with van der Waals surface area (Å²) >= 11 is 9.46. The fraction of sp³-hybridized carbons (Fsp3) is 0.0833. The average Bonchev–Trinajstić information content (AvgIpc) is 2.84. The summed E-state index contributed by atoms with van der Waals surface area (Å²) in [5.74, 6) is -0.504. The van der Waals surface area contributed by atoms with Gasteiger partial charge in [-0.15, -0.1) is 0 Å². The normalized spacial score (nSPS) is 10.9. The summed E-state index contributed by atoms with van der Waals surface area (Å²) in [4.78, 5) is 36.6. The number of anilines is 1. The Bertz CT molecular complexity index is 1310. The molecule has 0 atom stereocenters. The van der Waals surface area contributed by atoms with Gasteiger partial charge in [0.15, 0.2) is 0 Å². The van der Waals surface area contributed by atoms with Gasteiger partial charge < -0.3 is 20.1 Å². The molecule has 0 fully saturated rings. The van der Waals surface area contributed by atoms with E-state index in [0.29, 0.717) is 27.2 Å². The molecule has 11 heteroatoms. The van der Waals surface area contributed by atoms with Crippen LogP contribution in [0.1, 0.15) is 15.9 Å². The maximum absolute atomic E-state index is 13.1. The summed E-state index contributed by atoms with van der Waals surface area (Å²) in [6.07, 6.45) is 1.40. The molecule has 0 heterocycles. The van der Waals surface area contributed by atoms with Gasteiger partial charge >= 0.3 is 0 Å². The van der Waals surface area contributed by atoms with E-state index in [1.807, 2.05) is 0 Å². The Hall–Kier alpha value is -3.89. The molecule has 0 radical (unpaired) electrons. The van der Waals surface area contributed by atoms with Crippen LogP contribution in [0.3, 0.4) is 0 Å². The van der Waals surface area contributed by atoms with Gasteiger partial charge in [-0.2, -0.15) is 0 Å². The summed E-state index contributed by atoms with van der Waals surface area (Å²) in [6, 6.07) is 15.1. The maximum Gasteiger partial charge on any atom is 0.272 e. The number of non-ortho nitro benzene ring substituents is 1. The van der Waals surface area contributed by atoms with Gasteiger partial charge in [0.2, 0.25) is 0 Å². The van der Waals surface area contributed by atoms with Gasteiger partial charge in [0, 0.05) is 22.3 Å². The summed E-state index contributed by atoms with van der Waals surface area (Å²) in [7, 11) is 2.89. The molecule has 9 nitrogen and oxygen atoms in total. The summed E-state index contributed by atoms with van der Waals surface area (Å²) in [6.45, 7) is 0. The number of carbonyl (C=O) groups is 2. The van der Waals surface area contributed by atoms with E-state index < -0.39 is 16.7 Å². The number of methoxy groups -OCH3 is 2. The highest BCUT2D eigenvalue weighted by atomic mass is 79.9. The SMILES string of the molecule is COc1ccc(NC(=O)/C(=C/c2ccc([N+](=O)[O-])cc2)NC(=O)c2cc(Br)ccc2OC)cc1Cl. The molecule has 0 saturated carbocycles. The Balaban J connectivity index is 1.95. The molecule has 0 unspecified atom stereocenters. The van der Waals surface area contributed by atoms with Gasteiger partial charge in [-0.25, -0.2) is 0 Å². The first-order valence-corrected chi connectivity index (χ1v) is 11.1. The lowest BCUT2D eigenvalue weighted by molar-refractivity contribution is -0.384. The summed E-state index contributed by atoms with van der Waals surface area (Å²) in [5, 5.41) is 16.5. The maximum atomic E-state index is 13.1. The average molecular weight is 561 g/mol. The van der Waals surface area contributed by atoms with Gasteiger partial charge in [-0.05, 0) is 60.2 Å². The lowest BCUT2D eigenvalue weighted by atomic mass is 10.1. The summed E-state index contributed by atoms with van der Waals surface area (Å²) in [5.41, 5.74) is 0.790. The van der Waals surface area contributed by atoms with Crippen LogP contribution in [0, 0.1) is 10.1 Å². The molecule has 0 aliphatic rings. The van der Waals surface area contributed by atoms with Crippen molar-refractivity contribution in [3.05, 3.63) is 97.1 Å². The molecule has 0 aromatic heterocycles. The van der Waals surface area contributed by atoms with Gasteiger partial charge in [-0.1, -0.05) is 27.5 Å². The number of halogens is 2. The fourth-order valence-corrected chi connectivity index (χ4v) is 3.63. The molecule has 2 N–H and O–H groups in total. The van der Waals surface area contributed by atoms with E-state index in [4.69, 9.17) is 21.1 Å². The van der Waals surface area contributed by atoms with Crippen molar-refractivity contribution in [3.8, 4) is 11.5 Å². The Morgan fingerprint density at radius 1 is 1.00 bits per heavy atom. The molecule has 35 heavy (non-hydrogen) atoms. The van der Waals surface area contributed by atoms with Crippen molar-refractivity contribution in [2.24, 2.45) is 0 Å². The molecule has 3 aromatic carbocycles. The third-order valence-electron chi connectivity index (χ3n) is 4.72. The molecule has 0 saturated heterocycles. The molecular weight excluding hydrogens is 542 g/mol. The minimum absolute atomic E-state index is 0.107. The van der Waals surface area contributed by atoms with Crippen LogP contribution in [-0.4, -0.2) is 31.0 Å². The number of ether oxygens (including phenoxy) is 2. The first-order valence-electron chi connectivity index (χ1n) is 9.97. The van der Waals surface area contributed by atoms with Crippen molar-refractivity contribution in [2.45, 2.75) is 0 Å². The van der Waals surface area contributed by atoms with E-state index in [1.54, 1.807) is 30.3 Å². The van der Waals surface area contributed by atoms with Gasteiger partial charge in [0.25, 0.3) is 17.5 Å². The molecule has 0 aliphatic carbocycles. The lowest BCUT2D eigenvalue weighted by Gasteiger charge is -2.14. The molecule has 3 rings (SSSR count). The number of nitro benzene ring substituents is 1. The zero-order valence-corrected chi connectivity index (χ0v) is 20.8. The van der Waals surface area contributed by atoms with Crippen LogP contribution in [0.2, 0.25) is 5.02 Å². The van der Waals surface area contributed by atoms with Crippen LogP contribution < -0.4 is 20.1 Å². The fourth-order valence-electron chi connectivity index (χ4n) is 3.01. The Morgan fingerprint density at radius 3 is 2.26 bits per heavy atom. The Morgan fingerprint density at radius 2 is 1.66 bits per heavy atom. The molecule has 0 bridgehead atoms. The van der Waals surface area contributed by atoms with Crippen molar-refractivity contribution in [3.63, 3.8) is 0 Å². The van der Waals surface area contributed by atoms with Crippen LogP contribution in [0.15, 0.2) is 70.8 Å². The predicted octanol–water partition coefficient (Wildman–Crippen LogP) is 5.44. The van der Waals surface area contributed by atoms with Crippen molar-refractivity contribution in [1.82, 2.24) is 5.32 Å². The van der Waals surface area contributed by atoms with E-state index in [-0.39, 0.29) is 22.0 Å². The number of nitrogens with zero attached hydrogens (tertiary/aromatic N) is 1. The number of benzene rings is 3. The Labute approximate surface area is 214 Å². The van der Waals surface area contributed by atoms with E-state index in [1.165, 1.54) is 50.6 Å². The van der Waals surface area contributed by atoms with Crippen LogP contribution in [-0.2, 0) is 4.79 Å². The number of hydrogen-bond acceptors (Lipinski definition) is 6. The van der Waals surface area contributed by atoms with Crippen molar-refractivity contribution >= 4 is 56.8 Å². The highest BCUT2D eigenvalue weighted by Crippen LogP contribution is 2.28. The van der Waals surface area contributed by atoms with E-state index >= 15 is 0 Å². The minimum Gasteiger partial charge on any atom is -0.496 e. The molecule has 2 amide bonds. The van der Waals surface area contributed by atoms with Crippen molar-refractivity contribution in [1.29, 1.82) is 0 Å². The predicted molar refractivity (Wildman–Crippen MR) is 136 cm³/mol. The number of carbonyl (C=O) groups excluding carboxylic acids is 2. The van der Waals surface area contributed by atoms with Gasteiger partial charge in [0.05, 0.1) is 29.7 Å². The van der Waals surface area contributed by atoms with Gasteiger partial charge in [-0.3, -0.25) is 19.7 Å². The van der Waals surface area contributed by atoms with Crippen LogP contribution in [0.4, 0.5) is 11.4 Å². The minimum atomic E-state index is -0.646. The quantitative estimate of drug-likeness (QED) is 0.215. The summed E-state index contributed by atoms with van der Waals surface area (Å²) < 4.78 is 11.0. The van der Waals surface area contributed by atoms with Crippen molar-refractivity contribution in [2.75, 3.05) is 19.5 Å². The van der Waals surface area contributed by atoms with Crippen LogP contribution >= 0.6 is 27.5 Å². The molecule has 0 spiro atoms. The zero-order chi connectivity index (χ0) is 25.5. The van der Waals surface area contributed by atoms with E-state index in [2.05, 4.69) is 26.6 Å². The highest BCUT2D eigenvalue weighted by Gasteiger charge is 2.19. The first-order chi connectivity index (χ1) is 16.7. The standard InChI is InChI=1S/C24H19BrClN3O6/c1-34-21-9-5-15(25)12-18(21)23(30)28-20(11-14-3-7-17(8-4-14)29(32)33)24(31)27-16-6-10-22(35-2)19(26)13-16/h3-13H,1-2H3,(H,27,31)(H,28,30)/b20-11-. The molecule has 180 valence electrons. The van der Waals surface area contributed by atoms with Gasteiger partial charge in [0.1, 0.15) is 17.2 Å². The first kappa shape index (κ1) is 25.7. The largest absolute Gasteiger partial charge is 0.496 e. The zero-order valence-electron chi connectivity index (χ0n) is 18.5. The smallest absolute Gasteiger partial charge is 0.272 e. The van der Waals surface area contributed by atoms with Crippen LogP contribution in [0.25, 0.3) is 6.08 Å². The topological polar surface area (TPSA) is 120 Å². The number of nitro groups is 1. The second-order valence-corrected chi connectivity index (χ2v) is 8.33. The van der Waals surface area contributed by atoms with Crippen LogP contribution in [0.5, 0.6) is 11.5 Å². The van der Waals surface area contributed by atoms with Crippen molar-refractivity contribution < 1.29 is 24.0 Å². The molecular formula is C24H19BrClN3O6. The number of rotatable bonds is 8. The third kappa shape index (κ3) is 6.58. The third-order valence-corrected chi connectivity index (χ3v) is 5.51. The number of amides is 2. The molecule has 3 aromatic rings. The second kappa shape index (κ2) is 11.5. The molecule has 0 aliphatic heterocycles. The monoisotopic (exact) mass is 559 g/mol. The Kier molecular flexibility index (Phi) is 8.45. The lowest BCUT2D eigenvalue weighted by Crippen LogP contribution is -2.31. The highest BCUT2D eigenvalue weighted by molar-refractivity contribution is 9.10. The van der Waals surface area contributed by atoms with E-state index in [9.17, 15) is 19.7 Å². The second-order valence-electron chi connectivity index (χ2n) is 7.01. The number of nitrogens with one attached hydrogen (secondary N) is 2.